The first-order valence-corrected chi connectivity index (χ1v) is 5.70. The lowest BCUT2D eigenvalue weighted by molar-refractivity contribution is 0.313. The van der Waals surface area contributed by atoms with Crippen LogP contribution in [0.1, 0.15) is 44.2 Å². The van der Waals surface area contributed by atoms with Crippen LogP contribution in [-0.2, 0) is 19.3 Å². The Hall–Kier alpha value is -0.830. The molecule has 1 heterocycles. The minimum absolute atomic E-state index is 0.145. The molecule has 84 valence electrons. The number of aryl methyl sites for hydroxylation is 1. The second kappa shape index (κ2) is 3.63. The molecule has 1 aromatic heterocycles. The van der Waals surface area contributed by atoms with Crippen LogP contribution in [0.4, 0.5) is 0 Å². The minimum Gasteiger partial charge on any atom is -0.361 e. The Morgan fingerprint density at radius 3 is 2.93 bits per heavy atom. The SMILES string of the molecule is CC(N)Cc1onc2c1CC(C)(C)CC2. The van der Waals surface area contributed by atoms with Gasteiger partial charge in [-0.05, 0) is 31.6 Å². The third-order valence-corrected chi connectivity index (χ3v) is 3.15. The lowest BCUT2D eigenvalue weighted by Gasteiger charge is -2.28. The average molecular weight is 208 g/mol. The quantitative estimate of drug-likeness (QED) is 0.809. The smallest absolute Gasteiger partial charge is 0.141 e. The van der Waals surface area contributed by atoms with Crippen molar-refractivity contribution in [2.75, 3.05) is 0 Å². The Morgan fingerprint density at radius 2 is 2.27 bits per heavy atom. The van der Waals surface area contributed by atoms with Crippen molar-refractivity contribution in [3.05, 3.63) is 17.0 Å². The summed E-state index contributed by atoms with van der Waals surface area (Å²) in [7, 11) is 0. The Kier molecular flexibility index (Phi) is 2.59. The Balaban J connectivity index is 2.25. The first-order valence-electron chi connectivity index (χ1n) is 5.70. The van der Waals surface area contributed by atoms with Gasteiger partial charge in [-0.25, -0.2) is 0 Å². The van der Waals surface area contributed by atoms with Gasteiger partial charge in [0.15, 0.2) is 0 Å². The van der Waals surface area contributed by atoms with Gasteiger partial charge in [0.1, 0.15) is 5.76 Å². The average Bonchev–Trinajstić information content (AvgIpc) is 2.46. The molecule has 15 heavy (non-hydrogen) atoms. The first kappa shape index (κ1) is 10.7. The maximum absolute atomic E-state index is 5.80. The van der Waals surface area contributed by atoms with Crippen LogP contribution in [0.2, 0.25) is 0 Å². The summed E-state index contributed by atoms with van der Waals surface area (Å²) in [6, 6.07) is 0.145. The normalized spacial score (nSPS) is 21.1. The van der Waals surface area contributed by atoms with Gasteiger partial charge >= 0.3 is 0 Å². The van der Waals surface area contributed by atoms with E-state index < -0.39 is 0 Å². The minimum atomic E-state index is 0.145. The predicted molar refractivity (Wildman–Crippen MR) is 59.7 cm³/mol. The number of fused-ring (bicyclic) bond motifs is 1. The van der Waals surface area contributed by atoms with Crippen molar-refractivity contribution in [1.29, 1.82) is 0 Å². The van der Waals surface area contributed by atoms with Crippen molar-refractivity contribution in [3.8, 4) is 0 Å². The molecule has 2 rings (SSSR count). The lowest BCUT2D eigenvalue weighted by Crippen LogP contribution is -2.24. The van der Waals surface area contributed by atoms with Crippen LogP contribution in [0.5, 0.6) is 0 Å². The molecule has 0 aliphatic heterocycles. The van der Waals surface area contributed by atoms with E-state index in [1.165, 1.54) is 12.0 Å². The van der Waals surface area contributed by atoms with Crippen LogP contribution < -0.4 is 5.73 Å². The van der Waals surface area contributed by atoms with Gasteiger partial charge in [0.2, 0.25) is 0 Å². The van der Waals surface area contributed by atoms with Crippen molar-refractivity contribution < 1.29 is 4.52 Å². The number of hydrogen-bond acceptors (Lipinski definition) is 3. The van der Waals surface area contributed by atoms with Crippen molar-refractivity contribution in [2.45, 2.75) is 52.5 Å². The molecular weight excluding hydrogens is 188 g/mol. The summed E-state index contributed by atoms with van der Waals surface area (Å²) in [5, 5.41) is 4.14. The van der Waals surface area contributed by atoms with Crippen molar-refractivity contribution in [3.63, 3.8) is 0 Å². The summed E-state index contributed by atoms with van der Waals surface area (Å²) in [6.45, 7) is 6.61. The third kappa shape index (κ3) is 2.23. The summed E-state index contributed by atoms with van der Waals surface area (Å²) in [6.07, 6.45) is 4.13. The number of hydrogen-bond donors (Lipinski definition) is 1. The van der Waals surface area contributed by atoms with Crippen molar-refractivity contribution in [2.24, 2.45) is 11.1 Å². The van der Waals surface area contributed by atoms with Gasteiger partial charge in [-0.3, -0.25) is 0 Å². The standard InChI is InChI=1S/C12H20N2O/c1-8(13)6-11-9-7-12(2,3)5-4-10(9)14-15-11/h8H,4-7,13H2,1-3H3. The molecule has 0 radical (unpaired) electrons. The fourth-order valence-corrected chi connectivity index (χ4v) is 2.26. The van der Waals surface area contributed by atoms with E-state index in [9.17, 15) is 0 Å². The zero-order valence-electron chi connectivity index (χ0n) is 9.84. The summed E-state index contributed by atoms with van der Waals surface area (Å²) >= 11 is 0. The molecule has 3 nitrogen and oxygen atoms in total. The maximum Gasteiger partial charge on any atom is 0.141 e. The Morgan fingerprint density at radius 1 is 1.53 bits per heavy atom. The van der Waals surface area contributed by atoms with Gasteiger partial charge in [0, 0.05) is 18.0 Å². The molecule has 0 bridgehead atoms. The fraction of sp³-hybridized carbons (Fsp3) is 0.750. The number of nitrogens with zero attached hydrogens (tertiary/aromatic N) is 1. The van der Waals surface area contributed by atoms with Crippen molar-refractivity contribution >= 4 is 0 Å². The molecule has 0 spiro atoms. The molecule has 0 amide bonds. The van der Waals surface area contributed by atoms with Gasteiger partial charge in [0.25, 0.3) is 0 Å². The van der Waals surface area contributed by atoms with Crippen LogP contribution in [0, 0.1) is 5.41 Å². The first-order chi connectivity index (χ1) is 6.98. The van der Waals surface area contributed by atoms with Gasteiger partial charge in [-0.2, -0.15) is 0 Å². The topological polar surface area (TPSA) is 52.0 Å². The number of aromatic nitrogens is 1. The largest absolute Gasteiger partial charge is 0.361 e. The Bertz CT molecular complexity index is 353. The molecular formula is C12H20N2O. The fourth-order valence-electron chi connectivity index (χ4n) is 2.26. The Labute approximate surface area is 91.0 Å². The lowest BCUT2D eigenvalue weighted by atomic mass is 9.76. The molecule has 0 saturated carbocycles. The summed E-state index contributed by atoms with van der Waals surface area (Å²) < 4.78 is 5.39. The molecule has 0 fully saturated rings. The highest BCUT2D eigenvalue weighted by atomic mass is 16.5. The zero-order valence-corrected chi connectivity index (χ0v) is 9.84. The molecule has 1 aliphatic carbocycles. The number of rotatable bonds is 2. The second-order valence-electron chi connectivity index (χ2n) is 5.55. The van der Waals surface area contributed by atoms with Crippen LogP contribution in [0.3, 0.4) is 0 Å². The van der Waals surface area contributed by atoms with Gasteiger partial charge in [0.05, 0.1) is 5.69 Å². The van der Waals surface area contributed by atoms with E-state index in [2.05, 4.69) is 19.0 Å². The van der Waals surface area contributed by atoms with E-state index in [1.54, 1.807) is 0 Å². The summed E-state index contributed by atoms with van der Waals surface area (Å²) in [5.74, 6) is 1.01. The van der Waals surface area contributed by atoms with Gasteiger partial charge in [-0.1, -0.05) is 19.0 Å². The van der Waals surface area contributed by atoms with E-state index in [4.69, 9.17) is 10.3 Å². The van der Waals surface area contributed by atoms with E-state index in [-0.39, 0.29) is 6.04 Å². The third-order valence-electron chi connectivity index (χ3n) is 3.15. The van der Waals surface area contributed by atoms with E-state index in [0.717, 1.165) is 30.7 Å². The molecule has 1 atom stereocenters. The van der Waals surface area contributed by atoms with Gasteiger partial charge < -0.3 is 10.3 Å². The highest BCUT2D eigenvalue weighted by Gasteiger charge is 2.30. The van der Waals surface area contributed by atoms with Crippen LogP contribution >= 0.6 is 0 Å². The highest BCUT2D eigenvalue weighted by molar-refractivity contribution is 5.27. The molecule has 0 aromatic carbocycles. The van der Waals surface area contributed by atoms with Crippen LogP contribution in [-0.4, -0.2) is 11.2 Å². The van der Waals surface area contributed by atoms with E-state index >= 15 is 0 Å². The van der Waals surface area contributed by atoms with E-state index in [0.29, 0.717) is 5.41 Å². The van der Waals surface area contributed by atoms with Crippen LogP contribution in [0.25, 0.3) is 0 Å². The molecule has 1 aliphatic rings. The maximum atomic E-state index is 5.80. The molecule has 1 aromatic rings. The second-order valence-corrected chi connectivity index (χ2v) is 5.55. The summed E-state index contributed by atoms with van der Waals surface area (Å²) in [4.78, 5) is 0. The molecule has 2 N–H and O–H groups in total. The predicted octanol–water partition coefficient (Wildman–Crippen LogP) is 2.08. The zero-order chi connectivity index (χ0) is 11.1. The van der Waals surface area contributed by atoms with Gasteiger partial charge in [-0.15, -0.1) is 0 Å². The monoisotopic (exact) mass is 208 g/mol. The molecule has 0 saturated heterocycles. The van der Waals surface area contributed by atoms with E-state index in [1.807, 2.05) is 6.92 Å². The molecule has 1 unspecified atom stereocenters. The van der Waals surface area contributed by atoms with Crippen molar-refractivity contribution in [1.82, 2.24) is 5.16 Å². The summed E-state index contributed by atoms with van der Waals surface area (Å²) in [5.41, 5.74) is 8.66. The molecule has 3 heteroatoms. The highest BCUT2D eigenvalue weighted by Crippen LogP contribution is 2.36. The number of nitrogens with two attached hydrogens (primary N) is 1. The van der Waals surface area contributed by atoms with Crippen LogP contribution in [0.15, 0.2) is 4.52 Å².